The topological polar surface area (TPSA) is 66.5 Å². The molecule has 0 aliphatic carbocycles. The van der Waals surface area contributed by atoms with Gasteiger partial charge in [-0.05, 0) is 19.3 Å². The smallest absolute Gasteiger partial charge is 0.190 e. The molecule has 0 amide bonds. The molecule has 0 spiro atoms. The number of carbonyl (C=O) groups excluding carboxylic acids is 1. The van der Waals surface area contributed by atoms with E-state index in [9.17, 15) is 4.79 Å². The molecule has 22 heavy (non-hydrogen) atoms. The van der Waals surface area contributed by atoms with E-state index in [-0.39, 0.29) is 43.6 Å². The maximum atomic E-state index is 12.1. The van der Waals surface area contributed by atoms with Gasteiger partial charge in [0.15, 0.2) is 12.1 Å². The van der Waals surface area contributed by atoms with E-state index in [1.807, 2.05) is 6.92 Å². The number of ether oxygens (including phenoxy) is 5. The maximum absolute atomic E-state index is 12.1. The fraction of sp³-hybridized carbons (Fsp3) is 0.812. The van der Waals surface area contributed by atoms with Crippen LogP contribution in [0.1, 0.15) is 26.2 Å². The van der Waals surface area contributed by atoms with Crippen LogP contribution in [-0.2, 0) is 28.5 Å². The Kier molecular flexibility index (Phi) is 6.98. The predicted octanol–water partition coefficient (Wildman–Crippen LogP) is 1.68. The highest BCUT2D eigenvalue weighted by Crippen LogP contribution is 2.32. The molecule has 0 bridgehead atoms. The Morgan fingerprint density at radius 2 is 2.27 bits per heavy atom. The molecule has 2 rings (SSSR count). The predicted molar refractivity (Wildman–Crippen MR) is 79.3 cm³/mol. The standard InChI is InChI=1S/C16H26O6/c1-4-11(2)14(21-10-18-3)16-15(22-16)12(17)9-20-13-7-5-6-8-19-13/h4,11,13-16H,1,5-10H2,2-3H3. The van der Waals surface area contributed by atoms with E-state index in [1.165, 1.54) is 0 Å². The monoisotopic (exact) mass is 314 g/mol. The average molecular weight is 314 g/mol. The molecule has 6 heteroatoms. The number of rotatable bonds is 10. The molecule has 0 aromatic carbocycles. The number of ketones is 1. The van der Waals surface area contributed by atoms with Gasteiger partial charge in [0.05, 0.1) is 6.10 Å². The van der Waals surface area contributed by atoms with Crippen LogP contribution in [0.4, 0.5) is 0 Å². The van der Waals surface area contributed by atoms with Crippen LogP contribution in [0, 0.1) is 5.92 Å². The highest BCUT2D eigenvalue weighted by Gasteiger charge is 2.51. The van der Waals surface area contributed by atoms with Gasteiger partial charge in [-0.25, -0.2) is 0 Å². The van der Waals surface area contributed by atoms with E-state index in [1.54, 1.807) is 13.2 Å². The Bertz CT molecular complexity index is 366. The fourth-order valence-corrected chi connectivity index (χ4v) is 2.56. The van der Waals surface area contributed by atoms with Gasteiger partial charge in [-0.1, -0.05) is 13.0 Å². The van der Waals surface area contributed by atoms with E-state index in [4.69, 9.17) is 23.7 Å². The minimum absolute atomic E-state index is 0.0191. The van der Waals surface area contributed by atoms with Crippen molar-refractivity contribution in [2.24, 2.45) is 5.92 Å². The Balaban J connectivity index is 1.75. The number of methoxy groups -OCH3 is 1. The molecule has 0 aromatic heterocycles. The quantitative estimate of drug-likeness (QED) is 0.347. The largest absolute Gasteiger partial charge is 0.359 e. The van der Waals surface area contributed by atoms with Gasteiger partial charge in [0.25, 0.3) is 0 Å². The number of Topliss-reactive ketones (excluding diaryl/α,β-unsaturated/α-hetero) is 1. The zero-order valence-electron chi connectivity index (χ0n) is 13.4. The average Bonchev–Trinajstić information content (AvgIpc) is 3.34. The summed E-state index contributed by atoms with van der Waals surface area (Å²) in [6, 6.07) is 0. The van der Waals surface area contributed by atoms with E-state index in [0.29, 0.717) is 6.61 Å². The molecule has 0 saturated carbocycles. The van der Waals surface area contributed by atoms with Crippen molar-refractivity contribution in [3.05, 3.63) is 12.7 Å². The Labute approximate surface area is 131 Å². The molecule has 0 aromatic rings. The fourth-order valence-electron chi connectivity index (χ4n) is 2.56. The van der Waals surface area contributed by atoms with Gasteiger partial charge < -0.3 is 23.7 Å². The first kappa shape index (κ1) is 17.6. The molecule has 0 radical (unpaired) electrons. The van der Waals surface area contributed by atoms with Crippen LogP contribution in [-0.4, -0.2) is 57.5 Å². The molecule has 0 N–H and O–H groups in total. The molecule has 2 aliphatic heterocycles. The second-order valence-electron chi connectivity index (χ2n) is 5.73. The maximum Gasteiger partial charge on any atom is 0.190 e. The van der Waals surface area contributed by atoms with Crippen molar-refractivity contribution in [3.8, 4) is 0 Å². The molecular formula is C16H26O6. The summed E-state index contributed by atoms with van der Waals surface area (Å²) in [6.07, 6.45) is 3.54. The summed E-state index contributed by atoms with van der Waals surface area (Å²) < 4.78 is 27.0. The summed E-state index contributed by atoms with van der Waals surface area (Å²) in [6.45, 7) is 6.62. The highest BCUT2D eigenvalue weighted by atomic mass is 16.7. The lowest BCUT2D eigenvalue weighted by Crippen LogP contribution is -2.32. The summed E-state index contributed by atoms with van der Waals surface area (Å²) in [5.74, 6) is 0.00185. The highest BCUT2D eigenvalue weighted by molar-refractivity contribution is 5.87. The van der Waals surface area contributed by atoms with Crippen LogP contribution < -0.4 is 0 Å². The summed E-state index contributed by atoms with van der Waals surface area (Å²) >= 11 is 0. The van der Waals surface area contributed by atoms with Crippen molar-refractivity contribution >= 4 is 5.78 Å². The Morgan fingerprint density at radius 1 is 1.45 bits per heavy atom. The van der Waals surface area contributed by atoms with E-state index < -0.39 is 6.10 Å². The van der Waals surface area contributed by atoms with Crippen LogP contribution in [0.2, 0.25) is 0 Å². The zero-order chi connectivity index (χ0) is 15.9. The molecule has 126 valence electrons. The van der Waals surface area contributed by atoms with Crippen LogP contribution in [0.15, 0.2) is 12.7 Å². The molecular weight excluding hydrogens is 288 g/mol. The molecule has 2 saturated heterocycles. The summed E-state index contributed by atoms with van der Waals surface area (Å²) in [7, 11) is 1.56. The van der Waals surface area contributed by atoms with Crippen LogP contribution >= 0.6 is 0 Å². The first-order chi connectivity index (χ1) is 10.7. The lowest BCUT2D eigenvalue weighted by atomic mass is 9.99. The summed E-state index contributed by atoms with van der Waals surface area (Å²) in [5, 5.41) is 0. The van der Waals surface area contributed by atoms with Crippen LogP contribution in [0.3, 0.4) is 0 Å². The minimum atomic E-state index is -0.465. The van der Waals surface area contributed by atoms with Crippen molar-refractivity contribution in [2.75, 3.05) is 27.1 Å². The number of hydrogen-bond donors (Lipinski definition) is 0. The molecule has 5 unspecified atom stereocenters. The third-order valence-corrected chi connectivity index (χ3v) is 3.98. The minimum Gasteiger partial charge on any atom is -0.359 e. The van der Waals surface area contributed by atoms with Gasteiger partial charge in [0.1, 0.15) is 25.6 Å². The molecule has 5 atom stereocenters. The van der Waals surface area contributed by atoms with Crippen molar-refractivity contribution < 1.29 is 28.5 Å². The van der Waals surface area contributed by atoms with Crippen molar-refractivity contribution in [1.29, 1.82) is 0 Å². The Morgan fingerprint density at radius 3 is 2.91 bits per heavy atom. The van der Waals surface area contributed by atoms with Gasteiger partial charge in [0, 0.05) is 19.6 Å². The van der Waals surface area contributed by atoms with Crippen molar-refractivity contribution in [2.45, 2.75) is 50.8 Å². The van der Waals surface area contributed by atoms with Gasteiger partial charge in [-0.2, -0.15) is 0 Å². The number of epoxide rings is 1. The number of hydrogen-bond acceptors (Lipinski definition) is 6. The molecule has 2 aliphatic rings. The SMILES string of the molecule is C=CC(C)C(OCOC)C1OC1C(=O)COC1CCCCO1. The first-order valence-corrected chi connectivity index (χ1v) is 7.81. The van der Waals surface area contributed by atoms with E-state index >= 15 is 0 Å². The molecule has 2 fully saturated rings. The lowest BCUT2D eigenvalue weighted by molar-refractivity contribution is -0.169. The van der Waals surface area contributed by atoms with Gasteiger partial charge in [-0.15, -0.1) is 6.58 Å². The second kappa shape index (κ2) is 8.74. The van der Waals surface area contributed by atoms with E-state index in [2.05, 4.69) is 6.58 Å². The first-order valence-electron chi connectivity index (χ1n) is 7.81. The third kappa shape index (κ3) is 4.86. The normalized spacial score (nSPS) is 30.5. The summed E-state index contributed by atoms with van der Waals surface area (Å²) in [5.41, 5.74) is 0. The third-order valence-electron chi connectivity index (χ3n) is 3.98. The van der Waals surface area contributed by atoms with Gasteiger partial charge >= 0.3 is 0 Å². The number of carbonyl (C=O) groups is 1. The van der Waals surface area contributed by atoms with Crippen molar-refractivity contribution in [3.63, 3.8) is 0 Å². The Hall–Kier alpha value is -0.790. The molecule has 2 heterocycles. The summed E-state index contributed by atoms with van der Waals surface area (Å²) in [4.78, 5) is 12.1. The van der Waals surface area contributed by atoms with Crippen molar-refractivity contribution in [1.82, 2.24) is 0 Å². The molecule has 6 nitrogen and oxygen atoms in total. The van der Waals surface area contributed by atoms with Crippen LogP contribution in [0.5, 0.6) is 0 Å². The van der Waals surface area contributed by atoms with Gasteiger partial charge in [0.2, 0.25) is 0 Å². The zero-order valence-corrected chi connectivity index (χ0v) is 13.4. The van der Waals surface area contributed by atoms with E-state index in [0.717, 1.165) is 19.3 Å². The lowest BCUT2D eigenvalue weighted by Gasteiger charge is -2.22. The van der Waals surface area contributed by atoms with Crippen LogP contribution in [0.25, 0.3) is 0 Å². The van der Waals surface area contributed by atoms with Gasteiger partial charge in [-0.3, -0.25) is 4.79 Å². The second-order valence-corrected chi connectivity index (χ2v) is 5.73.